The van der Waals surface area contributed by atoms with Crippen LogP contribution in [0.5, 0.6) is 0 Å². The summed E-state index contributed by atoms with van der Waals surface area (Å²) >= 11 is 6.10. The van der Waals surface area contributed by atoms with E-state index in [1.807, 2.05) is 42.2 Å². The minimum Gasteiger partial charge on any atom is -0.423 e. The van der Waals surface area contributed by atoms with Crippen molar-refractivity contribution in [2.45, 2.75) is 31.8 Å². The third-order valence-electron chi connectivity index (χ3n) is 6.40. The molecule has 2 aliphatic rings. The van der Waals surface area contributed by atoms with Crippen LogP contribution in [-0.2, 0) is 0 Å². The second-order valence-electron chi connectivity index (χ2n) is 8.43. The molecule has 6 rings (SSSR count). The van der Waals surface area contributed by atoms with E-state index in [-0.39, 0.29) is 18.0 Å². The average Bonchev–Trinajstić information content (AvgIpc) is 3.52. The zero-order chi connectivity index (χ0) is 21.8. The number of carbonyl (C=O) groups is 1. The lowest BCUT2D eigenvalue weighted by Gasteiger charge is -2.31. The molecule has 9 heteroatoms. The number of hydrogen-bond donors (Lipinski definition) is 0. The topological polar surface area (TPSA) is 80.3 Å². The lowest BCUT2D eigenvalue weighted by Crippen LogP contribution is -2.40. The molecular weight excluding hydrogens is 428 g/mol. The first kappa shape index (κ1) is 19.3. The predicted octanol–water partition coefficient (Wildman–Crippen LogP) is 3.86. The van der Waals surface area contributed by atoms with Gasteiger partial charge in [-0.15, -0.1) is 0 Å². The quantitative estimate of drug-likeness (QED) is 0.473. The fourth-order valence-corrected chi connectivity index (χ4v) is 5.03. The van der Waals surface area contributed by atoms with Gasteiger partial charge in [0, 0.05) is 24.2 Å². The highest BCUT2D eigenvalue weighted by molar-refractivity contribution is 6.31. The van der Waals surface area contributed by atoms with Crippen molar-refractivity contribution in [3.63, 3.8) is 0 Å². The zero-order valence-corrected chi connectivity index (χ0v) is 18.2. The molecule has 2 atom stereocenters. The van der Waals surface area contributed by atoms with Gasteiger partial charge >= 0.3 is 0 Å². The Kier molecular flexibility index (Phi) is 4.43. The number of aromatic nitrogens is 4. The van der Waals surface area contributed by atoms with E-state index in [0.29, 0.717) is 34.4 Å². The Morgan fingerprint density at radius 2 is 1.97 bits per heavy atom. The summed E-state index contributed by atoms with van der Waals surface area (Å²) in [5.41, 5.74) is 3.81. The molecule has 32 heavy (non-hydrogen) atoms. The molecule has 2 aliphatic heterocycles. The third kappa shape index (κ3) is 3.14. The van der Waals surface area contributed by atoms with E-state index in [1.165, 1.54) is 4.80 Å². The highest BCUT2D eigenvalue weighted by atomic mass is 35.5. The van der Waals surface area contributed by atoms with E-state index in [9.17, 15) is 4.79 Å². The standard InChI is InChI=1S/C23H21ClN6O2/c1-14-2-4-20(30-25-7-8-26-30)18(10-14)22(31)29-13-17-12-16(29)6-9-28(17)23-27-19-11-15(24)3-5-21(19)32-23/h2-5,7-8,10-11,16-17H,6,9,12-13H2,1H3/t16-,17+/m1/s1. The van der Waals surface area contributed by atoms with Gasteiger partial charge in [-0.2, -0.15) is 20.0 Å². The van der Waals surface area contributed by atoms with Crippen molar-refractivity contribution < 1.29 is 9.21 Å². The van der Waals surface area contributed by atoms with Crippen LogP contribution >= 0.6 is 11.6 Å². The molecule has 8 nitrogen and oxygen atoms in total. The van der Waals surface area contributed by atoms with Gasteiger partial charge in [0.2, 0.25) is 0 Å². The first-order valence-corrected chi connectivity index (χ1v) is 11.1. The summed E-state index contributed by atoms with van der Waals surface area (Å²) in [4.78, 5) is 24.0. The van der Waals surface area contributed by atoms with Gasteiger partial charge in [0.25, 0.3) is 11.9 Å². The van der Waals surface area contributed by atoms with Gasteiger partial charge in [-0.3, -0.25) is 4.79 Å². The van der Waals surface area contributed by atoms with Crippen molar-refractivity contribution >= 4 is 34.6 Å². The predicted molar refractivity (Wildman–Crippen MR) is 120 cm³/mol. The largest absolute Gasteiger partial charge is 0.423 e. The fourth-order valence-electron chi connectivity index (χ4n) is 4.86. The number of piperidine rings is 1. The molecular formula is C23H21ClN6O2. The number of anilines is 1. The number of fused-ring (bicyclic) bond motifs is 3. The Balaban J connectivity index is 1.29. The maximum Gasteiger partial charge on any atom is 0.298 e. The molecule has 2 fully saturated rings. The smallest absolute Gasteiger partial charge is 0.298 e. The van der Waals surface area contributed by atoms with Gasteiger partial charge in [0.05, 0.1) is 29.7 Å². The van der Waals surface area contributed by atoms with E-state index >= 15 is 0 Å². The second-order valence-corrected chi connectivity index (χ2v) is 8.87. The molecule has 2 aromatic heterocycles. The van der Waals surface area contributed by atoms with E-state index in [0.717, 1.165) is 30.5 Å². The van der Waals surface area contributed by atoms with Crippen LogP contribution in [-0.4, -0.2) is 56.0 Å². The van der Waals surface area contributed by atoms with Gasteiger partial charge in [-0.1, -0.05) is 23.2 Å². The molecule has 4 aromatic rings. The van der Waals surface area contributed by atoms with E-state index in [4.69, 9.17) is 16.0 Å². The summed E-state index contributed by atoms with van der Waals surface area (Å²) in [6.07, 6.45) is 4.99. The first-order valence-electron chi connectivity index (χ1n) is 10.7. The van der Waals surface area contributed by atoms with Crippen molar-refractivity contribution in [3.05, 3.63) is 64.9 Å². The van der Waals surface area contributed by atoms with Crippen LogP contribution in [0.15, 0.2) is 53.2 Å². The SMILES string of the molecule is Cc1ccc(-n2nccn2)c(C(=O)N2C[C@@H]3C[C@H]2CCN3c2nc3cc(Cl)ccc3o2)c1. The number of aryl methyl sites for hydroxylation is 1. The second kappa shape index (κ2) is 7.34. The summed E-state index contributed by atoms with van der Waals surface area (Å²) in [6.45, 7) is 3.41. The molecule has 0 aliphatic carbocycles. The maximum absolute atomic E-state index is 13.7. The number of halogens is 1. The minimum atomic E-state index is 0.0136. The molecule has 2 aromatic carbocycles. The Bertz CT molecular complexity index is 1320. The van der Waals surface area contributed by atoms with E-state index in [1.54, 1.807) is 18.5 Å². The molecule has 2 bridgehead atoms. The summed E-state index contributed by atoms with van der Waals surface area (Å²) in [6, 6.07) is 12.2. The normalized spacial score (nSPS) is 20.3. The van der Waals surface area contributed by atoms with Crippen molar-refractivity contribution in [2.24, 2.45) is 0 Å². The first-order chi connectivity index (χ1) is 15.6. The fraction of sp³-hybridized carbons (Fsp3) is 0.304. The zero-order valence-electron chi connectivity index (χ0n) is 17.5. The molecule has 0 unspecified atom stereocenters. The summed E-state index contributed by atoms with van der Waals surface area (Å²) < 4.78 is 6.01. The number of amides is 1. The summed E-state index contributed by atoms with van der Waals surface area (Å²) in [7, 11) is 0. The summed E-state index contributed by atoms with van der Waals surface area (Å²) in [5, 5.41) is 9.09. The molecule has 4 heterocycles. The van der Waals surface area contributed by atoms with Crippen LogP contribution in [0.4, 0.5) is 6.01 Å². The van der Waals surface area contributed by atoms with Crippen LogP contribution in [0, 0.1) is 6.92 Å². The lowest BCUT2D eigenvalue weighted by atomic mass is 10.0. The molecule has 162 valence electrons. The van der Waals surface area contributed by atoms with Gasteiger partial charge in [-0.25, -0.2) is 0 Å². The van der Waals surface area contributed by atoms with Gasteiger partial charge in [-0.05, 0) is 50.1 Å². The molecule has 0 radical (unpaired) electrons. The molecule has 0 N–H and O–H groups in total. The summed E-state index contributed by atoms with van der Waals surface area (Å²) in [5.74, 6) is 0.0136. The number of oxazole rings is 1. The molecule has 0 saturated carbocycles. The van der Waals surface area contributed by atoms with Crippen molar-refractivity contribution in [1.29, 1.82) is 0 Å². The van der Waals surface area contributed by atoms with Crippen molar-refractivity contribution in [3.8, 4) is 5.69 Å². The molecule has 1 amide bonds. The number of rotatable bonds is 3. The van der Waals surface area contributed by atoms with E-state index < -0.39 is 0 Å². The molecule has 0 spiro atoms. The highest BCUT2D eigenvalue weighted by Gasteiger charge is 2.43. The Hall–Kier alpha value is -3.39. The van der Waals surface area contributed by atoms with Crippen LogP contribution in [0.25, 0.3) is 16.8 Å². The monoisotopic (exact) mass is 448 g/mol. The van der Waals surface area contributed by atoms with Crippen LogP contribution < -0.4 is 4.90 Å². The lowest BCUT2D eigenvalue weighted by molar-refractivity contribution is 0.0735. The van der Waals surface area contributed by atoms with Crippen molar-refractivity contribution in [2.75, 3.05) is 18.0 Å². The van der Waals surface area contributed by atoms with Gasteiger partial charge in [0.15, 0.2) is 5.58 Å². The van der Waals surface area contributed by atoms with Gasteiger partial charge < -0.3 is 14.2 Å². The van der Waals surface area contributed by atoms with Crippen LogP contribution in [0.2, 0.25) is 5.02 Å². The number of carbonyl (C=O) groups excluding carboxylic acids is 1. The Labute approximate surface area is 189 Å². The minimum absolute atomic E-state index is 0.0136. The van der Waals surface area contributed by atoms with Gasteiger partial charge in [0.1, 0.15) is 5.52 Å². The Morgan fingerprint density at radius 1 is 1.12 bits per heavy atom. The third-order valence-corrected chi connectivity index (χ3v) is 6.63. The molecule has 2 saturated heterocycles. The van der Waals surface area contributed by atoms with E-state index in [2.05, 4.69) is 20.1 Å². The van der Waals surface area contributed by atoms with Crippen LogP contribution in [0.1, 0.15) is 28.8 Å². The van der Waals surface area contributed by atoms with Crippen molar-refractivity contribution in [1.82, 2.24) is 24.9 Å². The number of hydrogen-bond acceptors (Lipinski definition) is 6. The average molecular weight is 449 g/mol. The number of likely N-dealkylation sites (tertiary alicyclic amines) is 1. The number of benzene rings is 2. The highest BCUT2D eigenvalue weighted by Crippen LogP contribution is 2.36. The maximum atomic E-state index is 13.7. The number of nitrogens with zero attached hydrogens (tertiary/aromatic N) is 6. The van der Waals surface area contributed by atoms with Crippen LogP contribution in [0.3, 0.4) is 0 Å². The Morgan fingerprint density at radius 3 is 2.81 bits per heavy atom.